The molecule has 2 atom stereocenters. The zero-order valence-corrected chi connectivity index (χ0v) is 12.4. The standard InChI is InChI=1S/C13H22N2O3.CH2O2/c1-14-5-2-6-15(8-7-14)12(16)10-3-4-11(9-10)13(17)18;2-1-3/h10-11H,2-9H2,1H3,(H,17,18);1H,(H,2,3)/t10-,11+;/m0./s1. The number of aliphatic carboxylic acids is 1. The minimum atomic E-state index is -0.749. The molecule has 120 valence electrons. The van der Waals surface area contributed by atoms with Crippen molar-refractivity contribution in [1.29, 1.82) is 0 Å². The van der Waals surface area contributed by atoms with Gasteiger partial charge in [0.25, 0.3) is 6.47 Å². The number of amides is 1. The number of nitrogens with zero attached hydrogens (tertiary/aromatic N) is 2. The Bertz CT molecular complexity index is 374. The van der Waals surface area contributed by atoms with E-state index in [4.69, 9.17) is 15.0 Å². The fraction of sp³-hybridized carbons (Fsp3) is 0.786. The Labute approximate surface area is 124 Å². The summed E-state index contributed by atoms with van der Waals surface area (Å²) >= 11 is 0. The van der Waals surface area contributed by atoms with Gasteiger partial charge in [-0.3, -0.25) is 14.4 Å². The summed E-state index contributed by atoms with van der Waals surface area (Å²) in [5.41, 5.74) is 0. The normalized spacial score (nSPS) is 26.4. The van der Waals surface area contributed by atoms with E-state index in [1.165, 1.54) is 0 Å². The van der Waals surface area contributed by atoms with Crippen molar-refractivity contribution >= 4 is 18.3 Å². The van der Waals surface area contributed by atoms with Crippen molar-refractivity contribution in [2.24, 2.45) is 11.8 Å². The molecule has 1 amide bonds. The molecule has 2 N–H and O–H groups in total. The minimum Gasteiger partial charge on any atom is -0.483 e. The van der Waals surface area contributed by atoms with Crippen molar-refractivity contribution in [2.75, 3.05) is 33.2 Å². The number of rotatable bonds is 2. The monoisotopic (exact) mass is 300 g/mol. The molecule has 1 aliphatic carbocycles. The van der Waals surface area contributed by atoms with Gasteiger partial charge in [0.2, 0.25) is 5.91 Å². The molecule has 0 bridgehead atoms. The van der Waals surface area contributed by atoms with Crippen LogP contribution >= 0.6 is 0 Å². The van der Waals surface area contributed by atoms with E-state index in [-0.39, 0.29) is 24.2 Å². The molecule has 1 heterocycles. The van der Waals surface area contributed by atoms with E-state index in [0.29, 0.717) is 12.8 Å². The summed E-state index contributed by atoms with van der Waals surface area (Å²) in [5, 5.41) is 15.9. The molecular formula is C14H24N2O5. The SMILES string of the molecule is CN1CCCN(C(=O)[C@H]2CC[C@@H](C(=O)O)C2)CC1.O=CO. The van der Waals surface area contributed by atoms with Gasteiger partial charge in [0.15, 0.2) is 0 Å². The highest BCUT2D eigenvalue weighted by atomic mass is 16.4. The molecule has 0 radical (unpaired) electrons. The maximum Gasteiger partial charge on any atom is 0.306 e. The molecule has 0 unspecified atom stereocenters. The summed E-state index contributed by atoms with van der Waals surface area (Å²) in [6.07, 6.45) is 2.93. The van der Waals surface area contributed by atoms with Crippen LogP contribution < -0.4 is 0 Å². The third-order valence-corrected chi connectivity index (χ3v) is 4.16. The van der Waals surface area contributed by atoms with Crippen LogP contribution in [0.25, 0.3) is 0 Å². The van der Waals surface area contributed by atoms with E-state index in [1.807, 2.05) is 4.90 Å². The summed E-state index contributed by atoms with van der Waals surface area (Å²) in [5.74, 6) is -0.946. The lowest BCUT2D eigenvalue weighted by Crippen LogP contribution is -2.38. The molecule has 2 rings (SSSR count). The average molecular weight is 300 g/mol. The van der Waals surface area contributed by atoms with Gasteiger partial charge < -0.3 is 20.0 Å². The second-order valence-corrected chi connectivity index (χ2v) is 5.63. The number of carbonyl (C=O) groups excluding carboxylic acids is 1. The Morgan fingerprint density at radius 3 is 2.29 bits per heavy atom. The minimum absolute atomic E-state index is 0.0606. The van der Waals surface area contributed by atoms with E-state index in [1.54, 1.807) is 0 Å². The second-order valence-electron chi connectivity index (χ2n) is 5.63. The smallest absolute Gasteiger partial charge is 0.306 e. The van der Waals surface area contributed by atoms with Gasteiger partial charge in [-0.1, -0.05) is 0 Å². The highest BCUT2D eigenvalue weighted by Crippen LogP contribution is 2.32. The molecule has 21 heavy (non-hydrogen) atoms. The quantitative estimate of drug-likeness (QED) is 0.714. The Balaban J connectivity index is 0.000000677. The lowest BCUT2D eigenvalue weighted by molar-refractivity contribution is -0.141. The zero-order valence-electron chi connectivity index (χ0n) is 12.4. The highest BCUT2D eigenvalue weighted by molar-refractivity contribution is 5.81. The Hall–Kier alpha value is -1.63. The highest BCUT2D eigenvalue weighted by Gasteiger charge is 2.35. The lowest BCUT2D eigenvalue weighted by atomic mass is 10.0. The molecule has 0 aromatic carbocycles. The first-order valence-corrected chi connectivity index (χ1v) is 7.27. The Morgan fingerprint density at radius 1 is 1.10 bits per heavy atom. The predicted molar refractivity (Wildman–Crippen MR) is 75.9 cm³/mol. The Morgan fingerprint density at radius 2 is 1.71 bits per heavy atom. The molecule has 2 aliphatic rings. The van der Waals surface area contributed by atoms with Gasteiger partial charge in [-0.2, -0.15) is 0 Å². The van der Waals surface area contributed by atoms with Gasteiger partial charge in [0.1, 0.15) is 0 Å². The molecule has 1 saturated carbocycles. The number of carboxylic acid groups (broad SMARTS) is 2. The number of carbonyl (C=O) groups is 3. The van der Waals surface area contributed by atoms with Crippen LogP contribution in [0, 0.1) is 11.8 Å². The van der Waals surface area contributed by atoms with E-state index in [9.17, 15) is 9.59 Å². The van der Waals surface area contributed by atoms with Gasteiger partial charge >= 0.3 is 5.97 Å². The number of hydrogen-bond acceptors (Lipinski definition) is 4. The van der Waals surface area contributed by atoms with Crippen LogP contribution in [0.3, 0.4) is 0 Å². The van der Waals surface area contributed by atoms with Crippen LogP contribution in [0.1, 0.15) is 25.7 Å². The average Bonchev–Trinajstić information content (AvgIpc) is 2.83. The summed E-state index contributed by atoms with van der Waals surface area (Å²) in [6, 6.07) is 0. The number of carboxylic acids is 1. The van der Waals surface area contributed by atoms with Gasteiger partial charge in [-0.25, -0.2) is 0 Å². The third kappa shape index (κ3) is 5.34. The molecular weight excluding hydrogens is 276 g/mol. The van der Waals surface area contributed by atoms with Crippen molar-refractivity contribution in [3.05, 3.63) is 0 Å². The molecule has 7 heteroatoms. The van der Waals surface area contributed by atoms with Gasteiger partial charge in [0, 0.05) is 25.6 Å². The van der Waals surface area contributed by atoms with Gasteiger partial charge in [-0.15, -0.1) is 0 Å². The molecule has 7 nitrogen and oxygen atoms in total. The maximum absolute atomic E-state index is 12.3. The van der Waals surface area contributed by atoms with E-state index < -0.39 is 5.97 Å². The second kappa shape index (κ2) is 8.61. The topological polar surface area (TPSA) is 98.2 Å². The lowest BCUT2D eigenvalue weighted by Gasteiger charge is -2.24. The summed E-state index contributed by atoms with van der Waals surface area (Å²) < 4.78 is 0. The van der Waals surface area contributed by atoms with Crippen molar-refractivity contribution < 1.29 is 24.6 Å². The van der Waals surface area contributed by atoms with Crippen LogP contribution in [0.5, 0.6) is 0 Å². The summed E-state index contributed by atoms with van der Waals surface area (Å²) in [6.45, 7) is 3.30. The van der Waals surface area contributed by atoms with E-state index >= 15 is 0 Å². The molecule has 2 fully saturated rings. The number of hydrogen-bond donors (Lipinski definition) is 2. The van der Waals surface area contributed by atoms with Crippen LogP contribution in [-0.2, 0) is 14.4 Å². The third-order valence-electron chi connectivity index (χ3n) is 4.16. The first kappa shape index (κ1) is 17.4. The van der Waals surface area contributed by atoms with Crippen LogP contribution in [0.15, 0.2) is 0 Å². The Kier molecular flexibility index (Phi) is 7.14. The predicted octanol–water partition coefficient (Wildman–Crippen LogP) is 0.352. The van der Waals surface area contributed by atoms with E-state index in [2.05, 4.69) is 11.9 Å². The molecule has 1 aliphatic heterocycles. The van der Waals surface area contributed by atoms with Crippen LogP contribution in [0.2, 0.25) is 0 Å². The number of likely N-dealkylation sites (N-methyl/N-ethyl adjacent to an activating group) is 1. The summed E-state index contributed by atoms with van der Waals surface area (Å²) in [7, 11) is 2.07. The molecule has 0 aromatic rings. The van der Waals surface area contributed by atoms with E-state index in [0.717, 1.165) is 39.0 Å². The summed E-state index contributed by atoms with van der Waals surface area (Å²) in [4.78, 5) is 35.8. The van der Waals surface area contributed by atoms with Crippen molar-refractivity contribution in [2.45, 2.75) is 25.7 Å². The van der Waals surface area contributed by atoms with Crippen molar-refractivity contribution in [1.82, 2.24) is 9.80 Å². The molecule has 0 aromatic heterocycles. The van der Waals surface area contributed by atoms with Crippen molar-refractivity contribution in [3.63, 3.8) is 0 Å². The first-order chi connectivity index (χ1) is 9.99. The fourth-order valence-corrected chi connectivity index (χ4v) is 2.96. The van der Waals surface area contributed by atoms with Gasteiger partial charge in [-0.05, 0) is 39.3 Å². The molecule has 0 spiro atoms. The van der Waals surface area contributed by atoms with Crippen LogP contribution in [0.4, 0.5) is 0 Å². The fourth-order valence-electron chi connectivity index (χ4n) is 2.96. The molecule has 1 saturated heterocycles. The largest absolute Gasteiger partial charge is 0.483 e. The van der Waals surface area contributed by atoms with Gasteiger partial charge in [0.05, 0.1) is 5.92 Å². The first-order valence-electron chi connectivity index (χ1n) is 7.27. The maximum atomic E-state index is 12.3. The van der Waals surface area contributed by atoms with Crippen molar-refractivity contribution in [3.8, 4) is 0 Å². The van der Waals surface area contributed by atoms with Crippen LogP contribution in [-0.4, -0.2) is 71.6 Å². The zero-order chi connectivity index (χ0) is 15.8.